The van der Waals surface area contributed by atoms with Crippen molar-refractivity contribution in [3.05, 3.63) is 70.0 Å². The van der Waals surface area contributed by atoms with Crippen LogP contribution in [0.1, 0.15) is 12.5 Å². The topological polar surface area (TPSA) is 67.5 Å². The van der Waals surface area contributed by atoms with Gasteiger partial charge in [-0.05, 0) is 48.9 Å². The zero-order chi connectivity index (χ0) is 14.5. The van der Waals surface area contributed by atoms with E-state index in [2.05, 4.69) is 10.5 Å². The van der Waals surface area contributed by atoms with Crippen LogP contribution in [0.15, 0.2) is 53.6 Å². The van der Waals surface area contributed by atoms with Crippen molar-refractivity contribution in [2.45, 2.75) is 6.92 Å². The van der Waals surface area contributed by atoms with E-state index in [1.54, 1.807) is 31.2 Å². The summed E-state index contributed by atoms with van der Waals surface area (Å²) < 4.78 is 12.7. The maximum Gasteiger partial charge on any atom is 0.269 e. The van der Waals surface area contributed by atoms with Crippen molar-refractivity contribution in [3.8, 4) is 0 Å². The van der Waals surface area contributed by atoms with Gasteiger partial charge in [-0.2, -0.15) is 5.10 Å². The SMILES string of the molecule is C/C(=N/Nc1ccc(F)cc1)c1ccc([N+](=O)[O-])cc1. The average Bonchev–Trinajstić information content (AvgIpc) is 2.46. The maximum atomic E-state index is 12.7. The van der Waals surface area contributed by atoms with Gasteiger partial charge in [0.15, 0.2) is 0 Å². The standard InChI is InChI=1S/C14H12FN3O2/c1-10(11-2-8-14(9-3-11)18(19)20)16-17-13-6-4-12(15)5-7-13/h2-9,17H,1H3/b16-10-. The fourth-order valence-electron chi connectivity index (χ4n) is 1.56. The second-order valence-electron chi connectivity index (χ2n) is 4.12. The van der Waals surface area contributed by atoms with Crippen LogP contribution in [-0.2, 0) is 0 Å². The molecule has 0 bridgehead atoms. The molecule has 0 atom stereocenters. The molecule has 0 saturated heterocycles. The number of rotatable bonds is 4. The molecular weight excluding hydrogens is 261 g/mol. The fourth-order valence-corrected chi connectivity index (χ4v) is 1.56. The number of nitrogens with one attached hydrogen (secondary N) is 1. The summed E-state index contributed by atoms with van der Waals surface area (Å²) in [5.41, 5.74) is 4.93. The first-order valence-corrected chi connectivity index (χ1v) is 5.87. The zero-order valence-electron chi connectivity index (χ0n) is 10.7. The molecule has 0 spiro atoms. The highest BCUT2D eigenvalue weighted by atomic mass is 19.1. The minimum atomic E-state index is -0.451. The van der Waals surface area contributed by atoms with Gasteiger partial charge < -0.3 is 0 Å². The molecule has 0 aliphatic rings. The quantitative estimate of drug-likeness (QED) is 0.526. The lowest BCUT2D eigenvalue weighted by atomic mass is 10.1. The Morgan fingerprint density at radius 1 is 1.15 bits per heavy atom. The van der Waals surface area contributed by atoms with Gasteiger partial charge in [-0.1, -0.05) is 0 Å². The molecule has 1 N–H and O–H groups in total. The number of halogens is 1. The highest BCUT2D eigenvalue weighted by molar-refractivity contribution is 5.99. The summed E-state index contributed by atoms with van der Waals surface area (Å²) in [7, 11) is 0. The number of non-ortho nitro benzene ring substituents is 1. The summed E-state index contributed by atoms with van der Waals surface area (Å²) in [5.74, 6) is -0.313. The van der Waals surface area contributed by atoms with Crippen molar-refractivity contribution >= 4 is 17.1 Å². The number of benzene rings is 2. The first-order valence-electron chi connectivity index (χ1n) is 5.87. The highest BCUT2D eigenvalue weighted by Crippen LogP contribution is 2.13. The van der Waals surface area contributed by atoms with E-state index in [0.29, 0.717) is 11.4 Å². The van der Waals surface area contributed by atoms with Crippen molar-refractivity contribution in [3.63, 3.8) is 0 Å². The first-order chi connectivity index (χ1) is 9.56. The number of hydrazone groups is 1. The molecule has 0 radical (unpaired) electrons. The second kappa shape index (κ2) is 5.92. The monoisotopic (exact) mass is 273 g/mol. The predicted molar refractivity (Wildman–Crippen MR) is 75.3 cm³/mol. The minimum Gasteiger partial charge on any atom is -0.278 e. The molecule has 102 valence electrons. The van der Waals surface area contributed by atoms with Crippen molar-refractivity contribution in [1.29, 1.82) is 0 Å². The van der Waals surface area contributed by atoms with Crippen molar-refractivity contribution in [2.24, 2.45) is 5.10 Å². The molecule has 5 nitrogen and oxygen atoms in total. The molecule has 20 heavy (non-hydrogen) atoms. The van der Waals surface area contributed by atoms with Crippen molar-refractivity contribution in [2.75, 3.05) is 5.43 Å². The normalized spacial score (nSPS) is 11.2. The number of nitrogens with zero attached hydrogens (tertiary/aromatic N) is 2. The molecule has 0 fully saturated rings. The smallest absolute Gasteiger partial charge is 0.269 e. The van der Waals surface area contributed by atoms with Gasteiger partial charge in [-0.25, -0.2) is 4.39 Å². The highest BCUT2D eigenvalue weighted by Gasteiger charge is 2.05. The summed E-state index contributed by atoms with van der Waals surface area (Å²) >= 11 is 0. The Bertz CT molecular complexity index is 636. The first kappa shape index (κ1) is 13.7. The molecule has 0 aliphatic heterocycles. The van der Waals surface area contributed by atoms with Gasteiger partial charge in [-0.3, -0.25) is 15.5 Å². The van der Waals surface area contributed by atoms with Gasteiger partial charge in [0.1, 0.15) is 5.82 Å². The molecule has 6 heteroatoms. The molecule has 0 aliphatic carbocycles. The van der Waals surface area contributed by atoms with Gasteiger partial charge in [-0.15, -0.1) is 0 Å². The number of nitro benzene ring substituents is 1. The minimum absolute atomic E-state index is 0.0352. The molecule has 0 saturated carbocycles. The third-order valence-corrected chi connectivity index (χ3v) is 2.69. The summed E-state index contributed by atoms with van der Waals surface area (Å²) in [6.07, 6.45) is 0. The van der Waals surface area contributed by atoms with Crippen LogP contribution in [0.3, 0.4) is 0 Å². The Morgan fingerprint density at radius 3 is 2.30 bits per heavy atom. The summed E-state index contributed by atoms with van der Waals surface area (Å²) in [4.78, 5) is 10.1. The van der Waals surface area contributed by atoms with Crippen LogP contribution in [0.2, 0.25) is 0 Å². The summed E-state index contributed by atoms with van der Waals surface area (Å²) in [6, 6.07) is 11.9. The lowest BCUT2D eigenvalue weighted by Crippen LogP contribution is -2.00. The van der Waals surface area contributed by atoms with E-state index in [1.807, 2.05) is 0 Å². The average molecular weight is 273 g/mol. The van der Waals surface area contributed by atoms with Crippen LogP contribution < -0.4 is 5.43 Å². The van der Waals surface area contributed by atoms with Gasteiger partial charge in [0.05, 0.1) is 16.3 Å². The van der Waals surface area contributed by atoms with E-state index in [1.165, 1.54) is 24.3 Å². The Balaban J connectivity index is 2.09. The molecule has 0 amide bonds. The van der Waals surface area contributed by atoms with Gasteiger partial charge in [0.2, 0.25) is 0 Å². The molecular formula is C14H12FN3O2. The predicted octanol–water partition coefficient (Wildman–Crippen LogP) is 3.57. The molecule has 2 rings (SSSR count). The molecule has 0 aromatic heterocycles. The number of hydrogen-bond acceptors (Lipinski definition) is 4. The fraction of sp³-hybridized carbons (Fsp3) is 0.0714. The maximum absolute atomic E-state index is 12.7. The van der Waals surface area contributed by atoms with Gasteiger partial charge in [0, 0.05) is 12.1 Å². The van der Waals surface area contributed by atoms with E-state index in [-0.39, 0.29) is 11.5 Å². The molecule has 0 unspecified atom stereocenters. The van der Waals surface area contributed by atoms with Crippen LogP contribution in [0.25, 0.3) is 0 Å². The van der Waals surface area contributed by atoms with Crippen LogP contribution >= 0.6 is 0 Å². The number of nitro groups is 1. The summed E-state index contributed by atoms with van der Waals surface area (Å²) in [6.45, 7) is 1.78. The van der Waals surface area contributed by atoms with E-state index in [9.17, 15) is 14.5 Å². The Labute approximate surface area is 114 Å². The molecule has 2 aromatic rings. The second-order valence-corrected chi connectivity index (χ2v) is 4.12. The van der Waals surface area contributed by atoms with E-state index in [0.717, 1.165) is 5.56 Å². The van der Waals surface area contributed by atoms with Crippen molar-refractivity contribution in [1.82, 2.24) is 0 Å². The van der Waals surface area contributed by atoms with Crippen molar-refractivity contribution < 1.29 is 9.31 Å². The zero-order valence-corrected chi connectivity index (χ0v) is 10.7. The Morgan fingerprint density at radius 2 is 1.75 bits per heavy atom. The van der Waals surface area contributed by atoms with E-state index < -0.39 is 4.92 Å². The third-order valence-electron chi connectivity index (χ3n) is 2.69. The van der Waals surface area contributed by atoms with Crippen LogP contribution in [0, 0.1) is 15.9 Å². The van der Waals surface area contributed by atoms with E-state index in [4.69, 9.17) is 0 Å². The van der Waals surface area contributed by atoms with Crippen LogP contribution in [-0.4, -0.2) is 10.6 Å². The van der Waals surface area contributed by atoms with Gasteiger partial charge in [0.25, 0.3) is 5.69 Å². The lowest BCUT2D eigenvalue weighted by Gasteiger charge is -2.03. The molecule has 0 heterocycles. The number of anilines is 1. The Kier molecular flexibility index (Phi) is 4.05. The lowest BCUT2D eigenvalue weighted by molar-refractivity contribution is -0.384. The largest absolute Gasteiger partial charge is 0.278 e. The van der Waals surface area contributed by atoms with Crippen LogP contribution in [0.5, 0.6) is 0 Å². The third kappa shape index (κ3) is 3.38. The van der Waals surface area contributed by atoms with E-state index >= 15 is 0 Å². The van der Waals surface area contributed by atoms with Gasteiger partial charge >= 0.3 is 0 Å². The summed E-state index contributed by atoms with van der Waals surface area (Å²) in [5, 5.41) is 14.7. The Hall–Kier alpha value is -2.76. The van der Waals surface area contributed by atoms with Crippen LogP contribution in [0.4, 0.5) is 15.8 Å². The molecule has 2 aromatic carbocycles. The number of hydrogen-bond donors (Lipinski definition) is 1.